The van der Waals surface area contributed by atoms with Crippen molar-refractivity contribution in [3.8, 4) is 5.75 Å². The molecule has 1 N–H and O–H groups in total. The van der Waals surface area contributed by atoms with E-state index >= 15 is 0 Å². The van der Waals surface area contributed by atoms with Gasteiger partial charge in [-0.3, -0.25) is 14.6 Å². The van der Waals surface area contributed by atoms with Crippen LogP contribution >= 0.6 is 15.9 Å². The number of hydrogen-bond acceptors (Lipinski definition) is 5. The van der Waals surface area contributed by atoms with Crippen molar-refractivity contribution >= 4 is 33.4 Å². The molecule has 0 radical (unpaired) electrons. The van der Waals surface area contributed by atoms with Crippen LogP contribution in [0, 0.1) is 0 Å². The maximum Gasteiger partial charge on any atom is 0.263 e. The Morgan fingerprint density at radius 3 is 2.50 bits per heavy atom. The number of anilines is 1. The number of rotatable bonds is 6. The zero-order valence-electron chi connectivity index (χ0n) is 13.6. The SMILES string of the molecule is O=C(COc1ccc(C(=O)c2ccccc2Br)cc1)Nc1cnccn1. The lowest BCUT2D eigenvalue weighted by Crippen LogP contribution is -2.20. The van der Waals surface area contributed by atoms with E-state index in [1.807, 2.05) is 18.2 Å². The number of nitrogens with one attached hydrogen (secondary N) is 1. The van der Waals surface area contributed by atoms with Crippen molar-refractivity contribution in [1.29, 1.82) is 0 Å². The third-order valence-corrected chi connectivity index (χ3v) is 4.13. The molecule has 0 saturated carbocycles. The monoisotopic (exact) mass is 411 g/mol. The Hall–Kier alpha value is -3.06. The van der Waals surface area contributed by atoms with Crippen LogP contribution < -0.4 is 10.1 Å². The van der Waals surface area contributed by atoms with E-state index in [0.29, 0.717) is 22.7 Å². The number of carbonyl (C=O) groups is 2. The van der Waals surface area contributed by atoms with Crippen molar-refractivity contribution in [2.45, 2.75) is 0 Å². The molecule has 3 aromatic rings. The quantitative estimate of drug-likeness (QED) is 0.627. The van der Waals surface area contributed by atoms with Gasteiger partial charge in [0, 0.05) is 28.0 Å². The van der Waals surface area contributed by atoms with E-state index in [0.717, 1.165) is 4.47 Å². The Balaban J connectivity index is 1.59. The van der Waals surface area contributed by atoms with Gasteiger partial charge in [0.25, 0.3) is 5.91 Å². The topological polar surface area (TPSA) is 81.2 Å². The third-order valence-electron chi connectivity index (χ3n) is 3.44. The second-order valence-electron chi connectivity index (χ2n) is 5.26. The van der Waals surface area contributed by atoms with Gasteiger partial charge in [0.2, 0.25) is 0 Å². The number of ether oxygens (including phenoxy) is 1. The molecule has 0 fully saturated rings. The summed E-state index contributed by atoms with van der Waals surface area (Å²) in [5.74, 6) is 0.404. The average Bonchev–Trinajstić information content (AvgIpc) is 2.67. The maximum atomic E-state index is 12.5. The molecule has 3 rings (SSSR count). The van der Waals surface area contributed by atoms with Crippen LogP contribution in [0.15, 0.2) is 71.6 Å². The Kier molecular flexibility index (Phi) is 5.70. The van der Waals surface area contributed by atoms with Gasteiger partial charge in [-0.05, 0) is 36.4 Å². The normalized spacial score (nSPS) is 10.2. The van der Waals surface area contributed by atoms with Crippen molar-refractivity contribution < 1.29 is 14.3 Å². The largest absolute Gasteiger partial charge is 0.484 e. The number of nitrogens with zero attached hydrogens (tertiary/aromatic N) is 2. The van der Waals surface area contributed by atoms with Crippen molar-refractivity contribution in [3.63, 3.8) is 0 Å². The Labute approximate surface area is 158 Å². The molecule has 1 heterocycles. The van der Waals surface area contributed by atoms with Crippen LogP contribution in [0.25, 0.3) is 0 Å². The number of hydrogen-bond donors (Lipinski definition) is 1. The molecule has 0 bridgehead atoms. The first kappa shape index (κ1) is 17.8. The van der Waals surface area contributed by atoms with E-state index < -0.39 is 0 Å². The molecule has 6 nitrogen and oxygen atoms in total. The lowest BCUT2D eigenvalue weighted by Gasteiger charge is -2.08. The molecule has 2 aromatic carbocycles. The fourth-order valence-electron chi connectivity index (χ4n) is 2.19. The summed E-state index contributed by atoms with van der Waals surface area (Å²) in [7, 11) is 0. The van der Waals surface area contributed by atoms with Crippen LogP contribution in [0.5, 0.6) is 5.75 Å². The second kappa shape index (κ2) is 8.35. The molecule has 130 valence electrons. The highest BCUT2D eigenvalue weighted by molar-refractivity contribution is 9.10. The number of amides is 1. The molecular formula is C19H14BrN3O3. The minimum absolute atomic E-state index is 0.0931. The highest BCUT2D eigenvalue weighted by Gasteiger charge is 2.12. The Bertz CT molecular complexity index is 915. The van der Waals surface area contributed by atoms with Crippen LogP contribution in [-0.2, 0) is 4.79 Å². The highest BCUT2D eigenvalue weighted by Crippen LogP contribution is 2.21. The van der Waals surface area contributed by atoms with E-state index in [-0.39, 0.29) is 18.3 Å². The first-order chi connectivity index (χ1) is 12.6. The summed E-state index contributed by atoms with van der Waals surface area (Å²) in [5.41, 5.74) is 1.12. The summed E-state index contributed by atoms with van der Waals surface area (Å²) in [4.78, 5) is 32.1. The molecule has 0 aliphatic heterocycles. The fraction of sp³-hybridized carbons (Fsp3) is 0.0526. The van der Waals surface area contributed by atoms with Gasteiger partial charge in [-0.1, -0.05) is 28.1 Å². The molecule has 0 aliphatic rings. The van der Waals surface area contributed by atoms with E-state index in [4.69, 9.17) is 4.74 Å². The predicted molar refractivity (Wildman–Crippen MR) is 100 cm³/mol. The molecule has 1 aromatic heterocycles. The number of ketones is 1. The fourth-order valence-corrected chi connectivity index (χ4v) is 2.66. The van der Waals surface area contributed by atoms with Crippen LogP contribution in [0.4, 0.5) is 5.82 Å². The zero-order valence-corrected chi connectivity index (χ0v) is 15.1. The summed E-state index contributed by atoms with van der Waals surface area (Å²) < 4.78 is 6.17. The van der Waals surface area contributed by atoms with Gasteiger partial charge in [0.15, 0.2) is 18.2 Å². The first-order valence-corrected chi connectivity index (χ1v) is 8.51. The number of carbonyl (C=O) groups excluding carboxylic acids is 2. The van der Waals surface area contributed by atoms with Gasteiger partial charge in [-0.2, -0.15) is 0 Å². The Morgan fingerprint density at radius 1 is 1.04 bits per heavy atom. The van der Waals surface area contributed by atoms with E-state index in [1.54, 1.807) is 30.3 Å². The van der Waals surface area contributed by atoms with Gasteiger partial charge in [-0.25, -0.2) is 4.98 Å². The molecule has 0 unspecified atom stereocenters. The van der Waals surface area contributed by atoms with Crippen molar-refractivity contribution in [2.75, 3.05) is 11.9 Å². The smallest absolute Gasteiger partial charge is 0.263 e. The van der Waals surface area contributed by atoms with Crippen molar-refractivity contribution in [3.05, 3.63) is 82.7 Å². The second-order valence-corrected chi connectivity index (χ2v) is 6.12. The molecule has 0 spiro atoms. The van der Waals surface area contributed by atoms with Gasteiger partial charge in [0.05, 0.1) is 6.20 Å². The summed E-state index contributed by atoms with van der Waals surface area (Å²) in [6, 6.07) is 13.9. The van der Waals surface area contributed by atoms with Gasteiger partial charge in [-0.15, -0.1) is 0 Å². The summed E-state index contributed by atoms with van der Waals surface area (Å²) in [5, 5.41) is 2.57. The number of benzene rings is 2. The van der Waals surface area contributed by atoms with Crippen LogP contribution in [0.2, 0.25) is 0 Å². The van der Waals surface area contributed by atoms with Crippen molar-refractivity contribution in [1.82, 2.24) is 9.97 Å². The first-order valence-electron chi connectivity index (χ1n) is 7.71. The summed E-state index contributed by atoms with van der Waals surface area (Å²) in [6.07, 6.45) is 4.44. The average molecular weight is 412 g/mol. The number of halogens is 1. The minimum Gasteiger partial charge on any atom is -0.484 e. The van der Waals surface area contributed by atoms with Crippen molar-refractivity contribution in [2.24, 2.45) is 0 Å². The van der Waals surface area contributed by atoms with Gasteiger partial charge >= 0.3 is 0 Å². The van der Waals surface area contributed by atoms with Gasteiger partial charge in [0.1, 0.15) is 5.75 Å². The van der Waals surface area contributed by atoms with Crippen LogP contribution in [0.1, 0.15) is 15.9 Å². The summed E-state index contributed by atoms with van der Waals surface area (Å²) in [6.45, 7) is -0.173. The van der Waals surface area contributed by atoms with E-state index in [9.17, 15) is 9.59 Å². The predicted octanol–water partition coefficient (Wildman–Crippen LogP) is 3.49. The maximum absolute atomic E-state index is 12.5. The molecule has 7 heteroatoms. The van der Waals surface area contributed by atoms with Crippen LogP contribution in [-0.4, -0.2) is 28.3 Å². The van der Waals surface area contributed by atoms with E-state index in [1.165, 1.54) is 18.6 Å². The standard InChI is InChI=1S/C19H14BrN3O3/c20-16-4-2-1-3-15(16)19(25)13-5-7-14(8-6-13)26-12-18(24)23-17-11-21-9-10-22-17/h1-11H,12H2,(H,22,23,24). The molecular weight excluding hydrogens is 398 g/mol. The lowest BCUT2D eigenvalue weighted by atomic mass is 10.0. The molecule has 1 amide bonds. The Morgan fingerprint density at radius 2 is 1.81 bits per heavy atom. The highest BCUT2D eigenvalue weighted by atomic mass is 79.9. The molecule has 0 atom stereocenters. The van der Waals surface area contributed by atoms with Crippen LogP contribution in [0.3, 0.4) is 0 Å². The molecule has 26 heavy (non-hydrogen) atoms. The number of aromatic nitrogens is 2. The third kappa shape index (κ3) is 4.52. The van der Waals surface area contributed by atoms with E-state index in [2.05, 4.69) is 31.2 Å². The molecule has 0 saturated heterocycles. The minimum atomic E-state index is -0.348. The van der Waals surface area contributed by atoms with Gasteiger partial charge < -0.3 is 10.1 Å². The lowest BCUT2D eigenvalue weighted by molar-refractivity contribution is -0.118. The summed E-state index contributed by atoms with van der Waals surface area (Å²) >= 11 is 3.38. The molecule has 0 aliphatic carbocycles. The zero-order chi connectivity index (χ0) is 18.4.